The molecule has 2 heterocycles. The van der Waals surface area contributed by atoms with Crippen molar-refractivity contribution in [1.82, 2.24) is 10.2 Å². The van der Waals surface area contributed by atoms with Gasteiger partial charge in [0.15, 0.2) is 0 Å². The van der Waals surface area contributed by atoms with Crippen LogP contribution in [0.1, 0.15) is 31.2 Å². The molecular formula is C18H23FN2O3. The van der Waals surface area contributed by atoms with Gasteiger partial charge in [-0.3, -0.25) is 9.59 Å². The number of halogens is 1. The Morgan fingerprint density at radius 1 is 1.42 bits per heavy atom. The molecule has 2 aliphatic rings. The van der Waals surface area contributed by atoms with E-state index in [0.717, 1.165) is 18.4 Å². The second-order valence-corrected chi connectivity index (χ2v) is 6.61. The van der Waals surface area contributed by atoms with Crippen molar-refractivity contribution in [2.45, 2.75) is 37.1 Å². The number of nitrogens with one attached hydrogen (secondary N) is 1. The first-order chi connectivity index (χ1) is 11.6. The molecule has 130 valence electrons. The van der Waals surface area contributed by atoms with Crippen LogP contribution in [0.5, 0.6) is 0 Å². The Bertz CT molecular complexity index is 619. The summed E-state index contributed by atoms with van der Waals surface area (Å²) in [5.41, 5.74) is -0.0167. The van der Waals surface area contributed by atoms with E-state index < -0.39 is 5.41 Å². The lowest BCUT2D eigenvalue weighted by Crippen LogP contribution is -2.47. The molecule has 2 aliphatic heterocycles. The molecule has 0 unspecified atom stereocenters. The molecular weight excluding hydrogens is 311 g/mol. The first-order valence-electron chi connectivity index (χ1n) is 8.39. The summed E-state index contributed by atoms with van der Waals surface area (Å²) in [6, 6.07) is 6.18. The summed E-state index contributed by atoms with van der Waals surface area (Å²) in [6.07, 6.45) is 2.67. The van der Waals surface area contributed by atoms with Crippen LogP contribution < -0.4 is 5.32 Å². The highest BCUT2D eigenvalue weighted by Gasteiger charge is 2.53. The van der Waals surface area contributed by atoms with Crippen LogP contribution in [0.3, 0.4) is 0 Å². The summed E-state index contributed by atoms with van der Waals surface area (Å²) < 4.78 is 18.3. The van der Waals surface area contributed by atoms with Crippen LogP contribution >= 0.6 is 0 Å². The van der Waals surface area contributed by atoms with E-state index in [2.05, 4.69) is 5.32 Å². The molecule has 3 rings (SSSR count). The molecule has 2 saturated heterocycles. The van der Waals surface area contributed by atoms with Crippen LogP contribution in [0.25, 0.3) is 0 Å². The van der Waals surface area contributed by atoms with E-state index in [1.165, 1.54) is 12.1 Å². The van der Waals surface area contributed by atoms with Gasteiger partial charge in [-0.1, -0.05) is 12.1 Å². The molecule has 0 aliphatic carbocycles. The van der Waals surface area contributed by atoms with E-state index in [1.54, 1.807) is 19.2 Å². The maximum Gasteiger partial charge on any atom is 0.232 e. The summed E-state index contributed by atoms with van der Waals surface area (Å²) in [4.78, 5) is 26.9. The lowest BCUT2D eigenvalue weighted by Gasteiger charge is -2.29. The van der Waals surface area contributed by atoms with Gasteiger partial charge < -0.3 is 15.0 Å². The second kappa shape index (κ2) is 6.89. The van der Waals surface area contributed by atoms with Crippen LogP contribution in [0.4, 0.5) is 4.39 Å². The number of benzene rings is 1. The molecule has 5 nitrogen and oxygen atoms in total. The van der Waals surface area contributed by atoms with E-state index >= 15 is 0 Å². The molecule has 1 aromatic carbocycles. The Hall–Kier alpha value is -1.95. The van der Waals surface area contributed by atoms with Gasteiger partial charge in [0.2, 0.25) is 11.8 Å². The molecule has 0 radical (unpaired) electrons. The molecule has 0 aromatic heterocycles. The lowest BCUT2D eigenvalue weighted by molar-refractivity contribution is -0.129. The van der Waals surface area contributed by atoms with E-state index in [4.69, 9.17) is 4.74 Å². The molecule has 2 atom stereocenters. The third kappa shape index (κ3) is 3.02. The van der Waals surface area contributed by atoms with Crippen LogP contribution in [0.15, 0.2) is 24.3 Å². The fourth-order valence-electron chi connectivity index (χ4n) is 3.84. The van der Waals surface area contributed by atoms with Crippen molar-refractivity contribution in [3.63, 3.8) is 0 Å². The van der Waals surface area contributed by atoms with Crippen molar-refractivity contribution in [2.75, 3.05) is 26.8 Å². The number of carbonyl (C=O) groups is 2. The monoisotopic (exact) mass is 334 g/mol. The van der Waals surface area contributed by atoms with Gasteiger partial charge in [-0.25, -0.2) is 4.39 Å². The smallest absolute Gasteiger partial charge is 0.232 e. The zero-order valence-electron chi connectivity index (χ0n) is 13.9. The molecule has 0 bridgehead atoms. The van der Waals surface area contributed by atoms with Crippen molar-refractivity contribution in [3.05, 3.63) is 35.6 Å². The second-order valence-electron chi connectivity index (χ2n) is 6.61. The van der Waals surface area contributed by atoms with Crippen molar-refractivity contribution < 1.29 is 18.7 Å². The number of methoxy groups -OCH3 is 1. The molecule has 6 heteroatoms. The predicted octanol–water partition coefficient (Wildman–Crippen LogP) is 1.61. The average molecular weight is 334 g/mol. The summed E-state index contributed by atoms with van der Waals surface area (Å²) in [7, 11) is 1.62. The van der Waals surface area contributed by atoms with Gasteiger partial charge in [-0.15, -0.1) is 0 Å². The number of nitrogens with zero attached hydrogens (tertiary/aromatic N) is 1. The first kappa shape index (κ1) is 16.9. The van der Waals surface area contributed by atoms with E-state index in [-0.39, 0.29) is 23.7 Å². The Morgan fingerprint density at radius 2 is 2.17 bits per heavy atom. The van der Waals surface area contributed by atoms with E-state index in [1.807, 2.05) is 4.90 Å². The van der Waals surface area contributed by atoms with E-state index in [9.17, 15) is 14.0 Å². The van der Waals surface area contributed by atoms with Crippen LogP contribution in [0.2, 0.25) is 0 Å². The molecule has 1 N–H and O–H groups in total. The van der Waals surface area contributed by atoms with Crippen molar-refractivity contribution >= 4 is 11.8 Å². The maximum absolute atomic E-state index is 13.3. The van der Waals surface area contributed by atoms with Crippen molar-refractivity contribution in [2.24, 2.45) is 0 Å². The molecule has 24 heavy (non-hydrogen) atoms. The first-order valence-corrected chi connectivity index (χ1v) is 8.39. The Balaban J connectivity index is 1.83. The number of amides is 2. The highest BCUT2D eigenvalue weighted by atomic mass is 19.1. The standard InChI is InChI=1S/C18H23FN2O3/c1-24-10-2-9-20-17(23)18(13-3-5-14(19)6-4-13)11-15-7-8-16(22)21(15)12-18/h3-6,15H,2,7-12H2,1H3,(H,20,23)/t15-,18-/m0/s1. The normalized spacial score (nSPS) is 25.8. The fourth-order valence-corrected chi connectivity index (χ4v) is 3.84. The Morgan fingerprint density at radius 3 is 2.83 bits per heavy atom. The zero-order valence-corrected chi connectivity index (χ0v) is 13.9. The van der Waals surface area contributed by atoms with Gasteiger partial charge in [-0.2, -0.15) is 0 Å². The predicted molar refractivity (Wildman–Crippen MR) is 86.9 cm³/mol. The number of hydrogen-bond donors (Lipinski definition) is 1. The zero-order chi connectivity index (χ0) is 17.2. The van der Waals surface area contributed by atoms with Gasteiger partial charge in [0.25, 0.3) is 0 Å². The van der Waals surface area contributed by atoms with Crippen molar-refractivity contribution in [3.8, 4) is 0 Å². The van der Waals surface area contributed by atoms with Gasteiger partial charge in [0.1, 0.15) is 5.82 Å². The van der Waals surface area contributed by atoms with Crippen LogP contribution in [-0.4, -0.2) is 49.6 Å². The fraction of sp³-hybridized carbons (Fsp3) is 0.556. The number of fused-ring (bicyclic) bond motifs is 1. The summed E-state index contributed by atoms with van der Waals surface area (Å²) >= 11 is 0. The topological polar surface area (TPSA) is 58.6 Å². The van der Waals surface area contributed by atoms with Crippen LogP contribution in [0, 0.1) is 5.82 Å². The van der Waals surface area contributed by atoms with Gasteiger partial charge in [0, 0.05) is 39.3 Å². The molecule has 0 saturated carbocycles. The summed E-state index contributed by atoms with van der Waals surface area (Å²) in [5.74, 6) is -0.312. The molecule has 2 fully saturated rings. The third-order valence-electron chi connectivity index (χ3n) is 5.12. The minimum Gasteiger partial charge on any atom is -0.385 e. The summed E-state index contributed by atoms with van der Waals surface area (Å²) in [6.45, 7) is 1.48. The number of rotatable bonds is 6. The van der Waals surface area contributed by atoms with Gasteiger partial charge in [-0.05, 0) is 37.0 Å². The SMILES string of the molecule is COCCCNC(=O)[C@@]1(c2ccc(F)cc2)C[C@@H]2CCC(=O)N2C1. The number of hydrogen-bond acceptors (Lipinski definition) is 3. The van der Waals surface area contributed by atoms with E-state index in [0.29, 0.717) is 32.5 Å². The molecule has 2 amide bonds. The van der Waals surface area contributed by atoms with Gasteiger partial charge in [0.05, 0.1) is 5.41 Å². The van der Waals surface area contributed by atoms with Crippen LogP contribution in [-0.2, 0) is 19.7 Å². The number of ether oxygens (including phenoxy) is 1. The minimum absolute atomic E-state index is 0.0904. The third-order valence-corrected chi connectivity index (χ3v) is 5.12. The van der Waals surface area contributed by atoms with Crippen molar-refractivity contribution in [1.29, 1.82) is 0 Å². The largest absolute Gasteiger partial charge is 0.385 e. The minimum atomic E-state index is -0.790. The lowest BCUT2D eigenvalue weighted by atomic mass is 9.77. The Labute approximate surface area is 141 Å². The van der Waals surface area contributed by atoms with Gasteiger partial charge >= 0.3 is 0 Å². The summed E-state index contributed by atoms with van der Waals surface area (Å²) in [5, 5.41) is 2.97. The maximum atomic E-state index is 13.3. The molecule has 0 spiro atoms. The average Bonchev–Trinajstić information content (AvgIpc) is 3.12. The highest BCUT2D eigenvalue weighted by Crippen LogP contribution is 2.43. The molecule has 1 aromatic rings. The highest BCUT2D eigenvalue weighted by molar-refractivity contribution is 5.91. The Kier molecular flexibility index (Phi) is 4.85. The number of carbonyl (C=O) groups excluding carboxylic acids is 2. The quantitative estimate of drug-likeness (QED) is 0.804.